The van der Waals surface area contributed by atoms with E-state index >= 15 is 0 Å². The molecular formula is C29H30BrN5S. The second-order valence-electron chi connectivity index (χ2n) is 9.10. The average molecular weight is 561 g/mol. The van der Waals surface area contributed by atoms with Crippen molar-refractivity contribution in [3.8, 4) is 5.69 Å². The molecule has 2 aromatic heterocycles. The lowest BCUT2D eigenvalue weighted by Gasteiger charge is -2.28. The number of anilines is 1. The van der Waals surface area contributed by atoms with Crippen molar-refractivity contribution in [1.29, 1.82) is 0 Å². The Kier molecular flexibility index (Phi) is 7.39. The van der Waals surface area contributed by atoms with Gasteiger partial charge in [0.25, 0.3) is 0 Å². The molecule has 7 heteroatoms. The standard InChI is InChI=1S/C29H30BrN5S/c1-20-19-25(21(2)35(20)24-14-12-22(30)13-15-24)28-27(26-11-6-7-16-32-26)33-29(36)34(28)18-8-17-31-23-9-4-3-5-10-23/h3-7,9-16,19,27-28,31H,8,17-18H2,1-2H3,(H,33,36). The van der Waals surface area contributed by atoms with Crippen LogP contribution in [0.2, 0.25) is 0 Å². The van der Waals surface area contributed by atoms with Gasteiger partial charge >= 0.3 is 0 Å². The van der Waals surface area contributed by atoms with Gasteiger partial charge in [-0.1, -0.05) is 40.2 Å². The number of rotatable bonds is 8. The Morgan fingerprint density at radius 1 is 1.00 bits per heavy atom. The highest BCUT2D eigenvalue weighted by molar-refractivity contribution is 9.10. The number of halogens is 1. The average Bonchev–Trinajstić information content (AvgIpc) is 3.38. The fourth-order valence-electron chi connectivity index (χ4n) is 5.10. The number of hydrogen-bond donors (Lipinski definition) is 2. The predicted octanol–water partition coefficient (Wildman–Crippen LogP) is 6.73. The molecule has 2 aromatic carbocycles. The van der Waals surface area contributed by atoms with E-state index in [1.807, 2.05) is 24.4 Å². The molecule has 4 aromatic rings. The normalized spacial score (nSPS) is 17.3. The monoisotopic (exact) mass is 559 g/mol. The summed E-state index contributed by atoms with van der Waals surface area (Å²) in [5, 5.41) is 7.89. The Morgan fingerprint density at radius 2 is 1.75 bits per heavy atom. The third-order valence-corrected chi connectivity index (χ3v) is 7.63. The van der Waals surface area contributed by atoms with Crippen LogP contribution in [0.5, 0.6) is 0 Å². The summed E-state index contributed by atoms with van der Waals surface area (Å²) >= 11 is 9.44. The van der Waals surface area contributed by atoms with Gasteiger partial charge < -0.3 is 20.1 Å². The molecule has 1 aliphatic rings. The summed E-state index contributed by atoms with van der Waals surface area (Å²) in [6, 6.07) is 27.2. The maximum absolute atomic E-state index is 5.88. The second kappa shape index (κ2) is 10.8. The Morgan fingerprint density at radius 3 is 2.47 bits per heavy atom. The number of thiocarbonyl (C=S) groups is 1. The summed E-state index contributed by atoms with van der Waals surface area (Å²) in [5.74, 6) is 0. The van der Waals surface area contributed by atoms with Crippen molar-refractivity contribution >= 4 is 38.9 Å². The van der Waals surface area contributed by atoms with Crippen LogP contribution in [-0.2, 0) is 0 Å². The van der Waals surface area contributed by atoms with Crippen molar-refractivity contribution in [2.45, 2.75) is 32.4 Å². The summed E-state index contributed by atoms with van der Waals surface area (Å²) in [6.45, 7) is 6.10. The van der Waals surface area contributed by atoms with Gasteiger partial charge in [0.1, 0.15) is 0 Å². The molecular weight excluding hydrogens is 530 g/mol. The molecule has 2 unspecified atom stereocenters. The number of hydrogen-bond acceptors (Lipinski definition) is 3. The van der Waals surface area contributed by atoms with E-state index in [1.54, 1.807) is 0 Å². The highest BCUT2D eigenvalue weighted by Gasteiger charge is 2.41. The van der Waals surface area contributed by atoms with E-state index in [9.17, 15) is 0 Å². The number of pyridine rings is 1. The number of aromatic nitrogens is 2. The molecule has 5 nitrogen and oxygen atoms in total. The molecule has 0 radical (unpaired) electrons. The molecule has 5 rings (SSSR count). The number of nitrogens with zero attached hydrogens (tertiary/aromatic N) is 3. The van der Waals surface area contributed by atoms with Crippen LogP contribution in [0.1, 0.15) is 41.1 Å². The van der Waals surface area contributed by atoms with Crippen LogP contribution < -0.4 is 10.6 Å². The van der Waals surface area contributed by atoms with Crippen LogP contribution in [0.3, 0.4) is 0 Å². The van der Waals surface area contributed by atoms with Gasteiger partial charge in [0.05, 0.1) is 17.8 Å². The molecule has 3 heterocycles. The van der Waals surface area contributed by atoms with E-state index in [0.717, 1.165) is 46.2 Å². The largest absolute Gasteiger partial charge is 0.385 e. The maximum Gasteiger partial charge on any atom is 0.170 e. The van der Waals surface area contributed by atoms with Gasteiger partial charge in [-0.2, -0.15) is 0 Å². The van der Waals surface area contributed by atoms with Crippen LogP contribution in [0.15, 0.2) is 89.5 Å². The van der Waals surface area contributed by atoms with Crippen LogP contribution in [-0.4, -0.2) is 32.7 Å². The first kappa shape index (κ1) is 24.5. The first-order valence-corrected chi connectivity index (χ1v) is 13.4. The van der Waals surface area contributed by atoms with Crippen molar-refractivity contribution in [3.05, 3.63) is 112 Å². The number of benzene rings is 2. The molecule has 2 N–H and O–H groups in total. The topological polar surface area (TPSA) is 45.1 Å². The van der Waals surface area contributed by atoms with Crippen LogP contribution in [0.4, 0.5) is 5.69 Å². The third kappa shape index (κ3) is 5.04. The van der Waals surface area contributed by atoms with Gasteiger partial charge in [0.2, 0.25) is 0 Å². The minimum Gasteiger partial charge on any atom is -0.385 e. The third-order valence-electron chi connectivity index (χ3n) is 6.75. The molecule has 1 saturated heterocycles. The zero-order valence-corrected chi connectivity index (χ0v) is 22.9. The summed E-state index contributed by atoms with van der Waals surface area (Å²) < 4.78 is 3.40. The molecule has 2 atom stereocenters. The van der Waals surface area contributed by atoms with Crippen molar-refractivity contribution in [2.24, 2.45) is 0 Å². The summed E-state index contributed by atoms with van der Waals surface area (Å²) in [5.41, 5.74) is 6.99. The Bertz CT molecular complexity index is 1320. The molecule has 184 valence electrons. The lowest BCUT2D eigenvalue weighted by atomic mass is 9.96. The first-order valence-electron chi connectivity index (χ1n) is 12.2. The fourth-order valence-corrected chi connectivity index (χ4v) is 5.69. The molecule has 1 aliphatic heterocycles. The summed E-state index contributed by atoms with van der Waals surface area (Å²) in [6.07, 6.45) is 2.82. The lowest BCUT2D eigenvalue weighted by molar-refractivity contribution is 0.315. The number of aryl methyl sites for hydroxylation is 1. The van der Waals surface area contributed by atoms with E-state index in [0.29, 0.717) is 0 Å². The summed E-state index contributed by atoms with van der Waals surface area (Å²) in [7, 11) is 0. The Balaban J connectivity index is 1.45. The molecule has 1 fully saturated rings. The SMILES string of the molecule is Cc1cc(C2C(c3ccccn3)NC(=S)N2CCCNc2ccccc2)c(C)n1-c1ccc(Br)cc1. The van der Waals surface area contributed by atoms with E-state index in [2.05, 4.69) is 111 Å². The number of nitrogens with one attached hydrogen (secondary N) is 2. The highest BCUT2D eigenvalue weighted by atomic mass is 79.9. The lowest BCUT2D eigenvalue weighted by Crippen LogP contribution is -2.31. The van der Waals surface area contributed by atoms with Gasteiger partial charge in [-0.25, -0.2) is 0 Å². The predicted molar refractivity (Wildman–Crippen MR) is 155 cm³/mol. The van der Waals surface area contributed by atoms with E-state index < -0.39 is 0 Å². The van der Waals surface area contributed by atoms with Crippen molar-refractivity contribution in [2.75, 3.05) is 18.4 Å². The van der Waals surface area contributed by atoms with Gasteiger partial charge in [-0.15, -0.1) is 0 Å². The molecule has 0 amide bonds. The molecule has 36 heavy (non-hydrogen) atoms. The van der Waals surface area contributed by atoms with Gasteiger partial charge in [-0.05, 0) is 92.6 Å². The van der Waals surface area contributed by atoms with Crippen LogP contribution in [0, 0.1) is 13.8 Å². The van der Waals surface area contributed by atoms with Crippen molar-refractivity contribution in [1.82, 2.24) is 19.8 Å². The van der Waals surface area contributed by atoms with E-state index in [4.69, 9.17) is 17.2 Å². The van der Waals surface area contributed by atoms with Gasteiger partial charge in [0, 0.05) is 46.5 Å². The molecule has 0 saturated carbocycles. The Hall–Kier alpha value is -3.16. The maximum atomic E-state index is 5.88. The minimum absolute atomic E-state index is 0.0142. The van der Waals surface area contributed by atoms with Gasteiger partial charge in [-0.3, -0.25) is 4.98 Å². The Labute approximate surface area is 226 Å². The molecule has 0 spiro atoms. The fraction of sp³-hybridized carbons (Fsp3) is 0.241. The molecule has 0 aliphatic carbocycles. The van der Waals surface area contributed by atoms with Gasteiger partial charge in [0.15, 0.2) is 5.11 Å². The summed E-state index contributed by atoms with van der Waals surface area (Å²) in [4.78, 5) is 7.04. The quantitative estimate of drug-likeness (QED) is 0.185. The first-order chi connectivity index (χ1) is 17.5. The number of para-hydroxylation sites is 1. The van der Waals surface area contributed by atoms with E-state index in [1.165, 1.54) is 17.0 Å². The smallest absolute Gasteiger partial charge is 0.170 e. The van der Waals surface area contributed by atoms with Crippen molar-refractivity contribution in [3.63, 3.8) is 0 Å². The zero-order valence-electron chi connectivity index (χ0n) is 20.5. The highest BCUT2D eigenvalue weighted by Crippen LogP contribution is 2.41. The zero-order chi connectivity index (χ0) is 25.1. The second-order valence-corrected chi connectivity index (χ2v) is 10.4. The molecule has 0 bridgehead atoms. The van der Waals surface area contributed by atoms with Crippen molar-refractivity contribution < 1.29 is 0 Å². The van der Waals surface area contributed by atoms with E-state index in [-0.39, 0.29) is 12.1 Å². The van der Waals surface area contributed by atoms with Crippen LogP contribution in [0.25, 0.3) is 5.69 Å². The minimum atomic E-state index is -0.0142. The van der Waals surface area contributed by atoms with Crippen LogP contribution >= 0.6 is 28.1 Å².